The van der Waals surface area contributed by atoms with E-state index in [1.54, 1.807) is 12.1 Å². The summed E-state index contributed by atoms with van der Waals surface area (Å²) in [6.45, 7) is 1.67. The summed E-state index contributed by atoms with van der Waals surface area (Å²) in [6.07, 6.45) is 0.468. The maximum absolute atomic E-state index is 12.3. The number of carbonyl (C=O) groups is 1. The highest BCUT2D eigenvalue weighted by Gasteiger charge is 2.51. The Hall–Kier alpha value is -1.84. The highest BCUT2D eigenvalue weighted by molar-refractivity contribution is 7.89. The summed E-state index contributed by atoms with van der Waals surface area (Å²) < 4.78 is 43.3. The van der Waals surface area contributed by atoms with Crippen LogP contribution in [-0.2, 0) is 19.6 Å². The van der Waals surface area contributed by atoms with Gasteiger partial charge < -0.3 is 19.3 Å². The first-order valence-corrected chi connectivity index (χ1v) is 10.7. The van der Waals surface area contributed by atoms with E-state index in [0.717, 1.165) is 12.0 Å². The van der Waals surface area contributed by atoms with E-state index >= 15 is 0 Å². The van der Waals surface area contributed by atoms with Crippen molar-refractivity contribution in [1.82, 2.24) is 4.72 Å². The van der Waals surface area contributed by atoms with Crippen molar-refractivity contribution in [3.63, 3.8) is 0 Å². The molecule has 4 atom stereocenters. The Kier molecular flexibility index (Phi) is 5.92. The predicted octanol–water partition coefficient (Wildman–Crippen LogP) is 0.936. The van der Waals surface area contributed by atoms with E-state index < -0.39 is 28.1 Å². The molecule has 2 N–H and O–H groups in total. The lowest BCUT2D eigenvalue weighted by Gasteiger charge is -2.22. The largest absolute Gasteiger partial charge is 0.485 e. The molecule has 150 valence electrons. The molecule has 1 aliphatic heterocycles. The van der Waals surface area contributed by atoms with Gasteiger partial charge in [-0.2, -0.15) is 0 Å². The van der Waals surface area contributed by atoms with Crippen molar-refractivity contribution in [3.05, 3.63) is 23.8 Å². The number of para-hydroxylation sites is 1. The molecule has 1 saturated carbocycles. The molecular weight excluding hydrogens is 374 g/mol. The van der Waals surface area contributed by atoms with Crippen LogP contribution in [0.4, 0.5) is 0 Å². The Bertz CT molecular complexity index is 795. The van der Waals surface area contributed by atoms with Crippen LogP contribution >= 0.6 is 0 Å². The van der Waals surface area contributed by atoms with Gasteiger partial charge in [-0.3, -0.25) is 0 Å². The number of sulfonamides is 1. The molecule has 4 unspecified atom stereocenters. The summed E-state index contributed by atoms with van der Waals surface area (Å²) in [7, 11) is -2.22. The Labute approximate surface area is 158 Å². The molecular formula is C18H25NO7S. The number of fused-ring (bicyclic) bond motifs is 3. The number of hydrogen-bond donors (Lipinski definition) is 2. The average Bonchev–Trinajstić information content (AvgIpc) is 3.14. The topological polar surface area (TPSA) is 111 Å². The normalized spacial score (nSPS) is 26.2. The summed E-state index contributed by atoms with van der Waals surface area (Å²) in [5.74, 6) is 0.0893. The van der Waals surface area contributed by atoms with E-state index in [2.05, 4.69) is 9.46 Å². The average molecular weight is 399 g/mol. The highest BCUT2D eigenvalue weighted by Crippen LogP contribution is 2.50. The molecule has 27 heavy (non-hydrogen) atoms. The molecule has 3 rings (SSSR count). The van der Waals surface area contributed by atoms with Crippen LogP contribution in [0.2, 0.25) is 0 Å². The molecule has 0 bridgehead atoms. The number of aliphatic hydroxyl groups excluding tert-OH is 1. The number of esters is 1. The zero-order valence-corrected chi connectivity index (χ0v) is 16.2. The van der Waals surface area contributed by atoms with Gasteiger partial charge in [-0.1, -0.05) is 25.5 Å². The molecule has 9 heteroatoms. The van der Waals surface area contributed by atoms with Crippen LogP contribution in [0.3, 0.4) is 0 Å². The van der Waals surface area contributed by atoms with Crippen LogP contribution < -0.4 is 14.2 Å². The number of ether oxygens (including phenoxy) is 3. The second-order valence-electron chi connectivity index (χ2n) is 6.84. The number of unbranched alkanes of at least 4 members (excludes halogenated alkanes) is 1. The minimum Gasteiger partial charge on any atom is -0.485 e. The molecule has 0 amide bonds. The van der Waals surface area contributed by atoms with Gasteiger partial charge in [0.25, 0.3) is 0 Å². The van der Waals surface area contributed by atoms with Crippen LogP contribution in [0.25, 0.3) is 0 Å². The van der Waals surface area contributed by atoms with E-state index in [0.29, 0.717) is 24.3 Å². The van der Waals surface area contributed by atoms with Gasteiger partial charge in [-0.15, -0.1) is 0 Å². The van der Waals surface area contributed by atoms with Crippen molar-refractivity contribution in [1.29, 1.82) is 0 Å². The number of nitrogens with one attached hydrogen (secondary N) is 1. The molecule has 1 heterocycles. The second kappa shape index (κ2) is 8.04. The Morgan fingerprint density at radius 1 is 1.41 bits per heavy atom. The number of carbonyl (C=O) groups excluding carboxylic acids is 1. The SMILES string of the molecule is CCCCS(=O)(=O)NC1C(O)CC2Oc3c(OCC(=O)OC)cccc3C21. The fourth-order valence-electron chi connectivity index (χ4n) is 3.65. The van der Waals surface area contributed by atoms with Crippen LogP contribution in [0.5, 0.6) is 11.5 Å². The van der Waals surface area contributed by atoms with Crippen molar-refractivity contribution in [2.45, 2.75) is 50.4 Å². The van der Waals surface area contributed by atoms with Gasteiger partial charge in [0, 0.05) is 17.9 Å². The number of hydrogen-bond acceptors (Lipinski definition) is 7. The third-order valence-electron chi connectivity index (χ3n) is 4.97. The van der Waals surface area contributed by atoms with Gasteiger partial charge in [-0.05, 0) is 12.5 Å². The van der Waals surface area contributed by atoms with Crippen LogP contribution in [0.15, 0.2) is 18.2 Å². The summed E-state index contributed by atoms with van der Waals surface area (Å²) in [6, 6.07) is 4.61. The third kappa shape index (κ3) is 4.20. The zero-order chi connectivity index (χ0) is 19.6. The molecule has 1 aliphatic carbocycles. The molecule has 2 aliphatic rings. The fraction of sp³-hybridized carbons (Fsp3) is 0.611. The maximum atomic E-state index is 12.3. The lowest BCUT2D eigenvalue weighted by atomic mass is 9.94. The lowest BCUT2D eigenvalue weighted by Crippen LogP contribution is -2.44. The number of rotatable bonds is 8. The van der Waals surface area contributed by atoms with Crippen LogP contribution in [0.1, 0.15) is 37.7 Å². The van der Waals surface area contributed by atoms with Gasteiger partial charge in [0.05, 0.1) is 25.0 Å². The summed E-state index contributed by atoms with van der Waals surface area (Å²) in [5, 5.41) is 10.4. The Morgan fingerprint density at radius 2 is 2.19 bits per heavy atom. The Morgan fingerprint density at radius 3 is 2.89 bits per heavy atom. The van der Waals surface area contributed by atoms with E-state index in [-0.39, 0.29) is 24.4 Å². The number of methoxy groups -OCH3 is 1. The van der Waals surface area contributed by atoms with Crippen LogP contribution in [0, 0.1) is 0 Å². The van der Waals surface area contributed by atoms with Gasteiger partial charge in [0.15, 0.2) is 18.1 Å². The second-order valence-corrected chi connectivity index (χ2v) is 8.71. The first-order valence-electron chi connectivity index (χ1n) is 9.03. The zero-order valence-electron chi connectivity index (χ0n) is 15.4. The van der Waals surface area contributed by atoms with Crippen molar-refractivity contribution in [2.24, 2.45) is 0 Å². The molecule has 0 aromatic heterocycles. The molecule has 0 radical (unpaired) electrons. The van der Waals surface area contributed by atoms with Crippen molar-refractivity contribution < 1.29 is 32.5 Å². The van der Waals surface area contributed by atoms with Gasteiger partial charge in [0.2, 0.25) is 10.0 Å². The van der Waals surface area contributed by atoms with Crippen molar-refractivity contribution in [2.75, 3.05) is 19.5 Å². The summed E-state index contributed by atoms with van der Waals surface area (Å²) in [4.78, 5) is 11.3. The van der Waals surface area contributed by atoms with Gasteiger partial charge in [-0.25, -0.2) is 17.9 Å². The Balaban J connectivity index is 1.81. The van der Waals surface area contributed by atoms with Crippen LogP contribution in [-0.4, -0.2) is 57.2 Å². The molecule has 1 fully saturated rings. The van der Waals surface area contributed by atoms with Crippen molar-refractivity contribution >= 4 is 16.0 Å². The predicted molar refractivity (Wildman–Crippen MR) is 97.4 cm³/mol. The van der Waals surface area contributed by atoms with Gasteiger partial charge in [0.1, 0.15) is 6.10 Å². The van der Waals surface area contributed by atoms with E-state index in [9.17, 15) is 18.3 Å². The highest BCUT2D eigenvalue weighted by atomic mass is 32.2. The minimum absolute atomic E-state index is 0.0279. The molecule has 1 aromatic rings. The van der Waals surface area contributed by atoms with E-state index in [4.69, 9.17) is 9.47 Å². The van der Waals surface area contributed by atoms with E-state index in [1.807, 2.05) is 13.0 Å². The molecule has 0 spiro atoms. The third-order valence-corrected chi connectivity index (χ3v) is 6.43. The number of benzene rings is 1. The minimum atomic E-state index is -3.49. The van der Waals surface area contributed by atoms with Gasteiger partial charge >= 0.3 is 5.97 Å². The standard InChI is InChI=1S/C18H25NO7S/c1-3-4-8-27(22,23)19-17-12(20)9-14-16(17)11-6-5-7-13(18(11)26-14)25-10-15(21)24-2/h5-7,12,14,16-17,19-20H,3-4,8-10H2,1-2H3. The maximum Gasteiger partial charge on any atom is 0.343 e. The van der Waals surface area contributed by atoms with E-state index in [1.165, 1.54) is 7.11 Å². The molecule has 1 aromatic carbocycles. The summed E-state index contributed by atoms with van der Waals surface area (Å²) >= 11 is 0. The molecule has 0 saturated heterocycles. The van der Waals surface area contributed by atoms with Crippen molar-refractivity contribution in [3.8, 4) is 11.5 Å². The smallest absolute Gasteiger partial charge is 0.343 e. The first-order chi connectivity index (χ1) is 12.9. The quantitative estimate of drug-likeness (QED) is 0.626. The number of aliphatic hydroxyl groups is 1. The first kappa shape index (κ1) is 19.9. The lowest BCUT2D eigenvalue weighted by molar-refractivity contribution is -0.142. The molecule has 8 nitrogen and oxygen atoms in total. The monoisotopic (exact) mass is 399 g/mol. The fourth-order valence-corrected chi connectivity index (χ4v) is 5.16. The summed E-state index contributed by atoms with van der Waals surface area (Å²) in [5.41, 5.74) is 0.766.